The summed E-state index contributed by atoms with van der Waals surface area (Å²) in [5.41, 5.74) is 0. The highest BCUT2D eigenvalue weighted by atomic mass is 35.5. The largest absolute Gasteiger partial charge is 0.212 e. The fraction of sp³-hybridized carbons (Fsp3) is 1.00. The van der Waals surface area contributed by atoms with Gasteiger partial charge in [0.25, 0.3) is 0 Å². The molecule has 1 saturated carbocycles. The van der Waals surface area contributed by atoms with Gasteiger partial charge in [-0.05, 0) is 24.7 Å². The lowest BCUT2D eigenvalue weighted by Crippen LogP contribution is -2.40. The first-order valence-corrected chi connectivity index (χ1v) is 8.71. The summed E-state index contributed by atoms with van der Waals surface area (Å²) in [5.74, 6) is 1.23. The summed E-state index contributed by atoms with van der Waals surface area (Å²) < 4.78 is 26.6. The molecule has 1 fully saturated rings. The van der Waals surface area contributed by atoms with Crippen molar-refractivity contribution in [3.05, 3.63) is 0 Å². The molecule has 1 aliphatic carbocycles. The van der Waals surface area contributed by atoms with Crippen LogP contribution in [0.1, 0.15) is 46.0 Å². The molecule has 102 valence electrons. The van der Waals surface area contributed by atoms with Crippen molar-refractivity contribution < 1.29 is 8.42 Å². The lowest BCUT2D eigenvalue weighted by molar-refractivity contribution is 0.301. The van der Waals surface area contributed by atoms with E-state index in [0.29, 0.717) is 11.8 Å². The molecule has 0 aliphatic heterocycles. The van der Waals surface area contributed by atoms with Crippen LogP contribution in [-0.4, -0.2) is 26.1 Å². The van der Waals surface area contributed by atoms with Crippen molar-refractivity contribution in [3.63, 3.8) is 0 Å². The second-order valence-corrected chi connectivity index (χ2v) is 7.40. The van der Waals surface area contributed by atoms with Gasteiger partial charge in [-0.1, -0.05) is 33.1 Å². The van der Waals surface area contributed by atoms with E-state index in [9.17, 15) is 8.42 Å². The van der Waals surface area contributed by atoms with Crippen LogP contribution in [0.3, 0.4) is 0 Å². The number of hydrogen-bond donors (Lipinski definition) is 1. The summed E-state index contributed by atoms with van der Waals surface area (Å²) in [7, 11) is -3.16. The third-order valence-electron chi connectivity index (χ3n) is 3.47. The maximum Gasteiger partial charge on any atom is 0.212 e. The van der Waals surface area contributed by atoms with Crippen molar-refractivity contribution >= 4 is 21.6 Å². The van der Waals surface area contributed by atoms with Gasteiger partial charge >= 0.3 is 0 Å². The molecule has 0 aromatic rings. The lowest BCUT2D eigenvalue weighted by atomic mass is 9.85. The van der Waals surface area contributed by atoms with E-state index in [0.717, 1.165) is 25.7 Å². The van der Waals surface area contributed by atoms with E-state index in [1.54, 1.807) is 0 Å². The molecule has 0 amide bonds. The van der Waals surface area contributed by atoms with Gasteiger partial charge in [0.05, 0.1) is 5.75 Å². The van der Waals surface area contributed by atoms with Gasteiger partial charge in [-0.2, -0.15) is 0 Å². The van der Waals surface area contributed by atoms with E-state index in [1.807, 2.05) is 6.92 Å². The van der Waals surface area contributed by atoms with Crippen molar-refractivity contribution in [1.82, 2.24) is 4.72 Å². The Morgan fingerprint density at radius 2 is 2.12 bits per heavy atom. The van der Waals surface area contributed by atoms with Gasteiger partial charge in [0.2, 0.25) is 10.0 Å². The van der Waals surface area contributed by atoms with Crippen LogP contribution in [-0.2, 0) is 10.0 Å². The topological polar surface area (TPSA) is 46.2 Å². The summed E-state index contributed by atoms with van der Waals surface area (Å²) in [6, 6.07) is 0.140. The summed E-state index contributed by atoms with van der Waals surface area (Å²) in [5, 5.41) is 0. The van der Waals surface area contributed by atoms with Gasteiger partial charge in [-0.3, -0.25) is 0 Å². The Morgan fingerprint density at radius 3 is 2.71 bits per heavy atom. The second kappa shape index (κ2) is 6.95. The average molecular weight is 282 g/mol. The van der Waals surface area contributed by atoms with Crippen LogP contribution in [0, 0.1) is 11.8 Å². The van der Waals surface area contributed by atoms with Gasteiger partial charge in [0, 0.05) is 11.9 Å². The molecule has 1 aliphatic rings. The summed E-state index contributed by atoms with van der Waals surface area (Å²) in [6.45, 7) is 4.04. The van der Waals surface area contributed by atoms with Crippen molar-refractivity contribution in [2.75, 3.05) is 11.6 Å². The Kier molecular flexibility index (Phi) is 6.24. The predicted molar refractivity (Wildman–Crippen MR) is 72.8 cm³/mol. The number of nitrogens with one attached hydrogen (secondary N) is 1. The van der Waals surface area contributed by atoms with E-state index in [1.165, 1.54) is 6.42 Å². The molecule has 0 aromatic carbocycles. The molecular formula is C12H24ClNO2S. The highest BCUT2D eigenvalue weighted by Crippen LogP contribution is 2.27. The Hall–Kier alpha value is 0.200. The molecule has 3 atom stereocenters. The fourth-order valence-corrected chi connectivity index (χ4v) is 4.41. The van der Waals surface area contributed by atoms with Crippen LogP contribution in [0.2, 0.25) is 0 Å². The highest BCUT2D eigenvalue weighted by molar-refractivity contribution is 7.89. The third-order valence-corrected chi connectivity index (χ3v) is 5.70. The molecule has 17 heavy (non-hydrogen) atoms. The maximum atomic E-state index is 11.9. The first-order valence-electron chi connectivity index (χ1n) is 6.52. The number of alkyl halides is 1. The molecule has 0 saturated heterocycles. The third kappa shape index (κ3) is 5.58. The zero-order valence-electron chi connectivity index (χ0n) is 10.8. The molecule has 0 bridgehead atoms. The van der Waals surface area contributed by atoms with E-state index in [2.05, 4.69) is 11.6 Å². The Balaban J connectivity index is 2.46. The monoisotopic (exact) mass is 281 g/mol. The quantitative estimate of drug-likeness (QED) is 0.761. The molecule has 1 rings (SSSR count). The number of rotatable bonds is 6. The van der Waals surface area contributed by atoms with Gasteiger partial charge in [-0.15, -0.1) is 11.6 Å². The van der Waals surface area contributed by atoms with Gasteiger partial charge in [0.1, 0.15) is 0 Å². The summed E-state index contributed by atoms with van der Waals surface area (Å²) in [6.07, 6.45) is 5.50. The normalized spacial score (nSPS) is 27.9. The zero-order valence-corrected chi connectivity index (χ0v) is 12.4. The minimum atomic E-state index is -3.16. The van der Waals surface area contributed by atoms with E-state index in [4.69, 9.17) is 11.6 Å². The number of halogens is 1. The molecule has 1 N–H and O–H groups in total. The van der Waals surface area contributed by atoms with E-state index >= 15 is 0 Å². The minimum absolute atomic E-state index is 0.0136. The first kappa shape index (κ1) is 15.3. The highest BCUT2D eigenvalue weighted by Gasteiger charge is 2.25. The van der Waals surface area contributed by atoms with E-state index in [-0.39, 0.29) is 17.7 Å². The van der Waals surface area contributed by atoms with Crippen LogP contribution in [0.4, 0.5) is 0 Å². The smallest absolute Gasteiger partial charge is 0.212 e. The molecule has 3 nitrogen and oxygen atoms in total. The molecule has 0 radical (unpaired) electrons. The van der Waals surface area contributed by atoms with Crippen molar-refractivity contribution in [2.45, 2.75) is 52.0 Å². The predicted octanol–water partition coefficient (Wildman–Crippen LogP) is 2.75. The zero-order chi connectivity index (χ0) is 12.9. The second-order valence-electron chi connectivity index (χ2n) is 5.30. The standard InChI is InChI=1S/C12H24ClNO2S/c1-3-11-5-4-6-12(7-11)14-17(15,16)9-10(2)8-13/h10-12,14H,3-9H2,1-2H3. The van der Waals surface area contributed by atoms with Crippen LogP contribution >= 0.6 is 11.6 Å². The van der Waals surface area contributed by atoms with Crippen molar-refractivity contribution in [1.29, 1.82) is 0 Å². The van der Waals surface area contributed by atoms with E-state index < -0.39 is 10.0 Å². The van der Waals surface area contributed by atoms with Gasteiger partial charge < -0.3 is 0 Å². The van der Waals surface area contributed by atoms with Crippen molar-refractivity contribution in [2.24, 2.45) is 11.8 Å². The summed E-state index contributed by atoms with van der Waals surface area (Å²) >= 11 is 5.65. The Bertz CT molecular complexity index is 318. The number of sulfonamides is 1. The first-order chi connectivity index (χ1) is 7.96. The fourth-order valence-electron chi connectivity index (χ4n) is 2.49. The maximum absolute atomic E-state index is 11.9. The Morgan fingerprint density at radius 1 is 1.41 bits per heavy atom. The van der Waals surface area contributed by atoms with Crippen LogP contribution in [0.15, 0.2) is 0 Å². The van der Waals surface area contributed by atoms with Gasteiger partial charge in [0.15, 0.2) is 0 Å². The lowest BCUT2D eigenvalue weighted by Gasteiger charge is -2.29. The molecule has 0 heterocycles. The average Bonchev–Trinajstić information content (AvgIpc) is 2.27. The van der Waals surface area contributed by atoms with Gasteiger partial charge in [-0.25, -0.2) is 13.1 Å². The van der Waals surface area contributed by atoms with Crippen LogP contribution in [0.5, 0.6) is 0 Å². The molecule has 3 unspecified atom stereocenters. The van der Waals surface area contributed by atoms with Crippen molar-refractivity contribution in [3.8, 4) is 0 Å². The Labute approximate surface area is 110 Å². The van der Waals surface area contributed by atoms with Crippen LogP contribution < -0.4 is 4.72 Å². The molecule has 0 aromatic heterocycles. The molecular weight excluding hydrogens is 258 g/mol. The molecule has 0 spiro atoms. The molecule has 5 heteroatoms. The minimum Gasteiger partial charge on any atom is -0.212 e. The number of hydrogen-bond acceptors (Lipinski definition) is 2. The van der Waals surface area contributed by atoms with Crippen LogP contribution in [0.25, 0.3) is 0 Å². The SMILES string of the molecule is CCC1CCCC(NS(=O)(=O)CC(C)CCl)C1. The summed E-state index contributed by atoms with van der Waals surface area (Å²) in [4.78, 5) is 0.